The van der Waals surface area contributed by atoms with Gasteiger partial charge in [-0.2, -0.15) is 0 Å². The van der Waals surface area contributed by atoms with E-state index in [-0.39, 0.29) is 0 Å². The standard InChI is InChI=1S/C10H18N2O/c1-12-9-4-2-3-5-10(12)7-8(6-9)11-13/h9-10,13H,2-7H2,1H3. The summed E-state index contributed by atoms with van der Waals surface area (Å²) in [5, 5.41) is 12.2. The Kier molecular flexibility index (Phi) is 2.54. The molecule has 3 nitrogen and oxygen atoms in total. The first-order chi connectivity index (χ1) is 6.31. The summed E-state index contributed by atoms with van der Waals surface area (Å²) in [5.74, 6) is 0. The first-order valence-electron chi connectivity index (χ1n) is 5.23. The first kappa shape index (κ1) is 9.00. The van der Waals surface area contributed by atoms with Gasteiger partial charge in [0.05, 0.1) is 5.71 Å². The second kappa shape index (κ2) is 3.66. The quantitative estimate of drug-likeness (QED) is 0.458. The molecule has 0 aromatic carbocycles. The number of oxime groups is 1. The van der Waals surface area contributed by atoms with Crippen LogP contribution in [0.1, 0.15) is 38.5 Å². The van der Waals surface area contributed by atoms with E-state index in [2.05, 4.69) is 17.1 Å². The fourth-order valence-corrected chi connectivity index (χ4v) is 2.67. The lowest BCUT2D eigenvalue weighted by molar-refractivity contribution is 0.161. The van der Waals surface area contributed by atoms with Gasteiger partial charge in [-0.25, -0.2) is 0 Å². The van der Waals surface area contributed by atoms with Crippen LogP contribution in [-0.4, -0.2) is 35.0 Å². The van der Waals surface area contributed by atoms with Gasteiger partial charge in [0.1, 0.15) is 0 Å². The van der Waals surface area contributed by atoms with Crippen molar-refractivity contribution in [3.8, 4) is 0 Å². The largest absolute Gasteiger partial charge is 0.411 e. The Morgan fingerprint density at radius 3 is 2.23 bits per heavy atom. The van der Waals surface area contributed by atoms with E-state index in [0.29, 0.717) is 12.1 Å². The lowest BCUT2D eigenvalue weighted by Gasteiger charge is -2.37. The molecule has 0 spiro atoms. The van der Waals surface area contributed by atoms with Gasteiger partial charge in [0.15, 0.2) is 0 Å². The third kappa shape index (κ3) is 1.70. The molecule has 0 amide bonds. The predicted molar refractivity (Wildman–Crippen MR) is 52.3 cm³/mol. The molecule has 0 aromatic heterocycles. The average molecular weight is 182 g/mol. The van der Waals surface area contributed by atoms with Crippen molar-refractivity contribution in [1.29, 1.82) is 0 Å². The highest BCUT2D eigenvalue weighted by Gasteiger charge is 2.32. The number of hydrogen-bond donors (Lipinski definition) is 1. The monoisotopic (exact) mass is 182 g/mol. The highest BCUT2D eigenvalue weighted by molar-refractivity contribution is 5.85. The smallest absolute Gasteiger partial charge is 0.0601 e. The summed E-state index contributed by atoms with van der Waals surface area (Å²) in [4.78, 5) is 2.49. The van der Waals surface area contributed by atoms with Crippen LogP contribution in [0.15, 0.2) is 5.16 Å². The van der Waals surface area contributed by atoms with Crippen molar-refractivity contribution in [2.45, 2.75) is 50.6 Å². The molecule has 2 saturated heterocycles. The molecule has 2 aliphatic heterocycles. The van der Waals surface area contributed by atoms with E-state index in [4.69, 9.17) is 5.21 Å². The second-order valence-electron chi connectivity index (χ2n) is 4.33. The third-order valence-electron chi connectivity index (χ3n) is 3.56. The van der Waals surface area contributed by atoms with Gasteiger partial charge in [-0.05, 0) is 19.9 Å². The highest BCUT2D eigenvalue weighted by Crippen LogP contribution is 2.29. The van der Waals surface area contributed by atoms with Crippen LogP contribution in [-0.2, 0) is 0 Å². The highest BCUT2D eigenvalue weighted by atomic mass is 16.4. The molecular formula is C10H18N2O. The van der Waals surface area contributed by atoms with Crippen molar-refractivity contribution in [1.82, 2.24) is 4.90 Å². The normalized spacial score (nSPS) is 35.6. The van der Waals surface area contributed by atoms with Crippen LogP contribution in [0.3, 0.4) is 0 Å². The molecule has 13 heavy (non-hydrogen) atoms. The van der Waals surface area contributed by atoms with E-state index < -0.39 is 0 Å². The van der Waals surface area contributed by atoms with Crippen molar-refractivity contribution in [2.24, 2.45) is 5.16 Å². The van der Waals surface area contributed by atoms with E-state index in [1.807, 2.05) is 0 Å². The zero-order chi connectivity index (χ0) is 9.26. The lowest BCUT2D eigenvalue weighted by Crippen LogP contribution is -2.45. The molecule has 2 rings (SSSR count). The maximum absolute atomic E-state index is 8.79. The maximum atomic E-state index is 8.79. The molecule has 2 bridgehead atoms. The maximum Gasteiger partial charge on any atom is 0.0601 e. The average Bonchev–Trinajstić information content (AvgIpc) is 2.26. The summed E-state index contributed by atoms with van der Waals surface area (Å²) in [6, 6.07) is 1.26. The van der Waals surface area contributed by atoms with Gasteiger partial charge in [0, 0.05) is 24.9 Å². The van der Waals surface area contributed by atoms with Crippen molar-refractivity contribution >= 4 is 5.71 Å². The Bertz CT molecular complexity index is 197. The molecule has 1 N–H and O–H groups in total. The molecule has 2 heterocycles. The molecule has 0 saturated carbocycles. The zero-order valence-electron chi connectivity index (χ0n) is 8.24. The molecule has 0 aromatic rings. The fraction of sp³-hybridized carbons (Fsp3) is 0.900. The molecule has 2 unspecified atom stereocenters. The van der Waals surface area contributed by atoms with Crippen LogP contribution in [0.2, 0.25) is 0 Å². The van der Waals surface area contributed by atoms with Crippen LogP contribution in [0.5, 0.6) is 0 Å². The van der Waals surface area contributed by atoms with Gasteiger partial charge in [0.2, 0.25) is 0 Å². The van der Waals surface area contributed by atoms with Crippen LogP contribution in [0.4, 0.5) is 0 Å². The lowest BCUT2D eigenvalue weighted by atomic mass is 9.93. The molecule has 0 radical (unpaired) electrons. The van der Waals surface area contributed by atoms with Gasteiger partial charge in [-0.15, -0.1) is 0 Å². The predicted octanol–water partition coefficient (Wildman–Crippen LogP) is 1.85. The van der Waals surface area contributed by atoms with Crippen LogP contribution < -0.4 is 0 Å². The Morgan fingerprint density at radius 2 is 1.77 bits per heavy atom. The topological polar surface area (TPSA) is 35.8 Å². The molecule has 2 atom stereocenters. The van der Waals surface area contributed by atoms with Crippen molar-refractivity contribution in [3.63, 3.8) is 0 Å². The zero-order valence-corrected chi connectivity index (χ0v) is 8.24. The summed E-state index contributed by atoms with van der Waals surface area (Å²) in [6.07, 6.45) is 7.17. The molecule has 2 fully saturated rings. The van der Waals surface area contributed by atoms with Crippen LogP contribution in [0.25, 0.3) is 0 Å². The van der Waals surface area contributed by atoms with E-state index in [9.17, 15) is 0 Å². The minimum Gasteiger partial charge on any atom is -0.411 e. The minimum atomic E-state index is 0.632. The summed E-state index contributed by atoms with van der Waals surface area (Å²) in [6.45, 7) is 0. The van der Waals surface area contributed by atoms with Crippen molar-refractivity contribution < 1.29 is 5.21 Å². The number of rotatable bonds is 0. The molecule has 0 aliphatic carbocycles. The second-order valence-corrected chi connectivity index (χ2v) is 4.33. The summed E-state index contributed by atoms with van der Waals surface area (Å²) in [5.41, 5.74) is 1.01. The summed E-state index contributed by atoms with van der Waals surface area (Å²) in [7, 11) is 2.22. The van der Waals surface area contributed by atoms with E-state index in [1.165, 1.54) is 25.7 Å². The number of hydrogen-bond acceptors (Lipinski definition) is 3. The van der Waals surface area contributed by atoms with Gasteiger partial charge in [-0.1, -0.05) is 18.0 Å². The van der Waals surface area contributed by atoms with Gasteiger partial charge < -0.3 is 5.21 Å². The molecule has 2 aliphatic rings. The first-order valence-corrected chi connectivity index (χ1v) is 5.23. The Balaban J connectivity index is 2.14. The van der Waals surface area contributed by atoms with E-state index in [0.717, 1.165) is 18.6 Å². The van der Waals surface area contributed by atoms with Crippen molar-refractivity contribution in [2.75, 3.05) is 7.05 Å². The molecular weight excluding hydrogens is 164 g/mol. The van der Waals surface area contributed by atoms with E-state index >= 15 is 0 Å². The van der Waals surface area contributed by atoms with Crippen molar-refractivity contribution in [3.05, 3.63) is 0 Å². The molecule has 74 valence electrons. The number of nitrogens with zero attached hydrogens (tertiary/aromatic N) is 2. The third-order valence-corrected chi connectivity index (χ3v) is 3.56. The molecule has 3 heteroatoms. The summed E-state index contributed by atoms with van der Waals surface area (Å²) < 4.78 is 0. The SMILES string of the molecule is CN1C2CCCCC1CC(=NO)C2. The van der Waals surface area contributed by atoms with Gasteiger partial charge >= 0.3 is 0 Å². The minimum absolute atomic E-state index is 0.632. The van der Waals surface area contributed by atoms with Crippen LogP contribution >= 0.6 is 0 Å². The summed E-state index contributed by atoms with van der Waals surface area (Å²) >= 11 is 0. The number of piperidine rings is 1. The Labute approximate surface area is 79.4 Å². The van der Waals surface area contributed by atoms with Crippen LogP contribution in [0, 0.1) is 0 Å². The fourth-order valence-electron chi connectivity index (χ4n) is 2.67. The van der Waals surface area contributed by atoms with Gasteiger partial charge in [-0.3, -0.25) is 4.90 Å². The Hall–Kier alpha value is -0.570. The Morgan fingerprint density at radius 1 is 1.23 bits per heavy atom. The van der Waals surface area contributed by atoms with E-state index in [1.54, 1.807) is 0 Å². The van der Waals surface area contributed by atoms with Gasteiger partial charge in [0.25, 0.3) is 0 Å². The number of fused-ring (bicyclic) bond motifs is 2.